The van der Waals surface area contributed by atoms with Gasteiger partial charge in [0, 0.05) is 0 Å². The lowest BCUT2D eigenvalue weighted by Gasteiger charge is -2.21. The first kappa shape index (κ1) is 10.7. The number of rotatable bonds is 1. The van der Waals surface area contributed by atoms with Gasteiger partial charge in [0.15, 0.2) is 9.41 Å². The molecule has 0 radical (unpaired) electrons. The molecule has 10 heavy (non-hydrogen) atoms. The van der Waals surface area contributed by atoms with Crippen molar-refractivity contribution in [1.29, 1.82) is 0 Å². The van der Waals surface area contributed by atoms with Crippen LogP contribution in [0.5, 0.6) is 0 Å². The Labute approximate surface area is 72.2 Å². The zero-order chi connectivity index (χ0) is 8.58. The third-order valence-corrected chi connectivity index (χ3v) is 3.18. The minimum absolute atomic E-state index is 0.792. The molecule has 0 bridgehead atoms. The Morgan fingerprint density at radius 1 is 1.20 bits per heavy atom. The van der Waals surface area contributed by atoms with Crippen LogP contribution in [0.3, 0.4) is 0 Å². The van der Waals surface area contributed by atoms with Crippen LogP contribution in [0.4, 0.5) is 17.6 Å². The molecule has 0 N–H and O–H groups in total. The van der Waals surface area contributed by atoms with Crippen molar-refractivity contribution in [3.63, 3.8) is 0 Å². The minimum atomic E-state index is -4.56. The Morgan fingerprint density at radius 3 is 1.50 bits per heavy atom. The predicted octanol–water partition coefficient (Wildman–Crippen LogP) is 3.39. The van der Waals surface area contributed by atoms with E-state index in [-0.39, 0.29) is 0 Å². The smallest absolute Gasteiger partial charge is 0.230 e. The Balaban J connectivity index is 4.23. The minimum Gasteiger partial charge on any atom is -0.230 e. The molecule has 0 heterocycles. The highest BCUT2D eigenvalue weighted by Crippen LogP contribution is 2.39. The molecule has 0 aromatic rings. The molecule has 0 aliphatic heterocycles. The second kappa shape index (κ2) is 2.97. The molecule has 2 atom stereocenters. The summed E-state index contributed by atoms with van der Waals surface area (Å²) >= 11 is 4.42. The van der Waals surface area contributed by atoms with Gasteiger partial charge in [0.25, 0.3) is 0 Å². The zero-order valence-electron chi connectivity index (χ0n) is 4.85. The zero-order valence-corrected chi connectivity index (χ0v) is 8.02. The van der Waals surface area contributed by atoms with Crippen molar-refractivity contribution in [2.45, 2.75) is 22.5 Å². The lowest BCUT2D eigenvalue weighted by Crippen LogP contribution is -2.36. The lowest BCUT2D eigenvalue weighted by atomic mass is 10.3. The van der Waals surface area contributed by atoms with E-state index in [4.69, 9.17) is 0 Å². The number of hydrogen-bond acceptors (Lipinski definition) is 0. The second-order valence-electron chi connectivity index (χ2n) is 1.86. The average molecular weight is 288 g/mol. The Morgan fingerprint density at radius 2 is 1.50 bits per heavy atom. The van der Waals surface area contributed by atoms with Crippen molar-refractivity contribution in [2.24, 2.45) is 0 Å². The van der Waals surface area contributed by atoms with E-state index in [1.807, 2.05) is 0 Å². The monoisotopic (exact) mass is 286 g/mol. The molecule has 0 aliphatic rings. The van der Waals surface area contributed by atoms with E-state index in [0.29, 0.717) is 0 Å². The fourth-order valence-electron chi connectivity index (χ4n) is 0.287. The summed E-state index contributed by atoms with van der Waals surface area (Å²) in [6.07, 6.45) is -4.56. The molecule has 0 amide bonds. The SMILES string of the molecule is C[C@@](F)(Br)[C@H](Br)C(F)(F)F. The van der Waals surface area contributed by atoms with Crippen LogP contribution in [-0.2, 0) is 0 Å². The van der Waals surface area contributed by atoms with Crippen molar-refractivity contribution >= 4 is 31.9 Å². The van der Waals surface area contributed by atoms with E-state index in [9.17, 15) is 17.6 Å². The molecular formula is C4H4Br2F4. The van der Waals surface area contributed by atoms with Crippen LogP contribution >= 0.6 is 31.9 Å². The van der Waals surface area contributed by atoms with Crippen LogP contribution in [0.2, 0.25) is 0 Å². The van der Waals surface area contributed by atoms with Gasteiger partial charge >= 0.3 is 6.18 Å². The molecule has 0 unspecified atom stereocenters. The van der Waals surface area contributed by atoms with Crippen molar-refractivity contribution in [1.82, 2.24) is 0 Å². The van der Waals surface area contributed by atoms with Crippen LogP contribution in [0.15, 0.2) is 0 Å². The van der Waals surface area contributed by atoms with Gasteiger partial charge in [0.1, 0.15) is 0 Å². The summed E-state index contributed by atoms with van der Waals surface area (Å²) in [6, 6.07) is 0. The maximum atomic E-state index is 12.4. The quantitative estimate of drug-likeness (QED) is 0.512. The second-order valence-corrected chi connectivity index (χ2v) is 4.33. The highest BCUT2D eigenvalue weighted by molar-refractivity contribution is 9.12. The van der Waals surface area contributed by atoms with E-state index in [0.717, 1.165) is 6.92 Å². The average Bonchev–Trinajstić information content (AvgIpc) is 1.59. The molecule has 0 aromatic heterocycles. The summed E-state index contributed by atoms with van der Waals surface area (Å²) in [7, 11) is 0. The van der Waals surface area contributed by atoms with Crippen LogP contribution < -0.4 is 0 Å². The first-order chi connectivity index (χ1) is 4.15. The molecule has 0 rings (SSSR count). The van der Waals surface area contributed by atoms with E-state index in [1.54, 1.807) is 0 Å². The first-order valence-corrected chi connectivity index (χ1v) is 3.95. The van der Waals surface area contributed by atoms with Gasteiger partial charge in [0.2, 0.25) is 0 Å². The molecule has 0 saturated heterocycles. The third-order valence-electron chi connectivity index (χ3n) is 0.732. The molecule has 6 heteroatoms. The normalized spacial score (nSPS) is 21.9. The van der Waals surface area contributed by atoms with E-state index in [2.05, 4.69) is 31.9 Å². The Bertz CT molecular complexity index is 99.4. The Kier molecular flexibility index (Phi) is 3.17. The summed E-state index contributed by atoms with van der Waals surface area (Å²) in [6.45, 7) is 0.792. The van der Waals surface area contributed by atoms with E-state index in [1.165, 1.54) is 0 Å². The fourth-order valence-corrected chi connectivity index (χ4v) is 0.547. The van der Waals surface area contributed by atoms with Crippen LogP contribution in [-0.4, -0.2) is 15.6 Å². The number of halogens is 6. The molecule has 0 saturated carbocycles. The molecular weight excluding hydrogens is 284 g/mol. The van der Waals surface area contributed by atoms with Crippen molar-refractivity contribution in [2.75, 3.05) is 0 Å². The van der Waals surface area contributed by atoms with Gasteiger partial charge in [-0.3, -0.25) is 0 Å². The maximum absolute atomic E-state index is 12.4. The van der Waals surface area contributed by atoms with Gasteiger partial charge < -0.3 is 0 Å². The van der Waals surface area contributed by atoms with Gasteiger partial charge in [0.05, 0.1) is 0 Å². The van der Waals surface area contributed by atoms with E-state index >= 15 is 0 Å². The summed E-state index contributed by atoms with van der Waals surface area (Å²) in [4.78, 5) is -2.17. The van der Waals surface area contributed by atoms with Gasteiger partial charge in [-0.15, -0.1) is 0 Å². The largest absolute Gasteiger partial charge is 0.405 e. The molecule has 0 nitrogen and oxygen atoms in total. The molecule has 62 valence electrons. The standard InChI is InChI=1S/C4H4Br2F4/c1-3(6,7)2(5)4(8,9)10/h2H,1H3/t2-,3-/m0/s1. The van der Waals surface area contributed by atoms with Gasteiger partial charge in [-0.05, 0) is 22.9 Å². The summed E-state index contributed by atoms with van der Waals surface area (Å²) in [5.74, 6) is 0. The van der Waals surface area contributed by atoms with Crippen molar-refractivity contribution in [3.05, 3.63) is 0 Å². The molecule has 0 fully saturated rings. The van der Waals surface area contributed by atoms with Crippen LogP contribution in [0.1, 0.15) is 6.92 Å². The van der Waals surface area contributed by atoms with Crippen LogP contribution in [0, 0.1) is 0 Å². The Hall–Kier alpha value is 0.680. The number of hydrogen-bond donors (Lipinski definition) is 0. The fraction of sp³-hybridized carbons (Fsp3) is 1.00. The molecule has 0 spiro atoms. The van der Waals surface area contributed by atoms with Crippen LogP contribution in [0.25, 0.3) is 0 Å². The summed E-state index contributed by atoms with van der Waals surface area (Å²) < 4.78 is 44.9. The van der Waals surface area contributed by atoms with Crippen molar-refractivity contribution < 1.29 is 17.6 Å². The molecule has 0 aliphatic carbocycles. The third kappa shape index (κ3) is 3.18. The van der Waals surface area contributed by atoms with Gasteiger partial charge in [-0.2, -0.15) is 13.2 Å². The maximum Gasteiger partial charge on any atom is 0.405 e. The van der Waals surface area contributed by atoms with Gasteiger partial charge in [-0.1, -0.05) is 15.9 Å². The predicted molar refractivity (Wildman–Crippen MR) is 37.2 cm³/mol. The van der Waals surface area contributed by atoms with Crippen molar-refractivity contribution in [3.8, 4) is 0 Å². The highest BCUT2D eigenvalue weighted by atomic mass is 79.9. The summed E-state index contributed by atoms with van der Waals surface area (Å²) in [5.41, 5.74) is 0. The van der Waals surface area contributed by atoms with E-state index < -0.39 is 15.6 Å². The number of alkyl halides is 6. The molecule has 0 aromatic carbocycles. The highest BCUT2D eigenvalue weighted by Gasteiger charge is 2.49. The van der Waals surface area contributed by atoms with Gasteiger partial charge in [-0.25, -0.2) is 4.39 Å². The lowest BCUT2D eigenvalue weighted by molar-refractivity contribution is -0.139. The first-order valence-electron chi connectivity index (χ1n) is 2.24. The topological polar surface area (TPSA) is 0 Å². The summed E-state index contributed by atoms with van der Waals surface area (Å²) in [5, 5.41) is 0.